The van der Waals surface area contributed by atoms with Crippen LogP contribution in [0.4, 0.5) is 10.5 Å². The van der Waals surface area contributed by atoms with E-state index in [0.717, 1.165) is 10.8 Å². The number of hydrogen-bond donors (Lipinski definition) is 3. The van der Waals surface area contributed by atoms with Crippen LogP contribution in [0, 0.1) is 0 Å². The average Bonchev–Trinajstić information content (AvgIpc) is 2.77. The fraction of sp³-hybridized carbons (Fsp3) is 0.182. The van der Waals surface area contributed by atoms with Gasteiger partial charge in [0, 0.05) is 11.8 Å². The lowest BCUT2D eigenvalue weighted by Crippen LogP contribution is -2.48. The molecule has 0 spiro atoms. The molecule has 0 bridgehead atoms. The number of carbonyl (C=O) groups is 2. The predicted molar refractivity (Wildman–Crippen MR) is 114 cm³/mol. The summed E-state index contributed by atoms with van der Waals surface area (Å²) in [5.74, 6) is 1.07. The molecule has 0 aliphatic heterocycles. The maximum Gasteiger partial charge on any atom is 0.337 e. The second-order valence-electron chi connectivity index (χ2n) is 6.41. The molecule has 0 aliphatic rings. The predicted octanol–water partition coefficient (Wildman–Crippen LogP) is 3.48. The van der Waals surface area contributed by atoms with Crippen LogP contribution in [-0.2, 0) is 4.79 Å². The van der Waals surface area contributed by atoms with E-state index in [1.54, 1.807) is 31.2 Å². The van der Waals surface area contributed by atoms with Gasteiger partial charge >= 0.3 is 6.03 Å². The molecule has 0 saturated carbocycles. The Morgan fingerprint density at radius 2 is 1.57 bits per heavy atom. The number of ether oxygens (including phenoxy) is 3. The van der Waals surface area contributed by atoms with E-state index >= 15 is 0 Å². The van der Waals surface area contributed by atoms with Crippen LogP contribution in [0.3, 0.4) is 0 Å². The Balaban J connectivity index is 1.52. The molecule has 30 heavy (non-hydrogen) atoms. The average molecular weight is 409 g/mol. The molecule has 3 amide bonds. The molecule has 1 atom stereocenters. The van der Waals surface area contributed by atoms with Crippen molar-refractivity contribution in [1.29, 1.82) is 0 Å². The third-order valence-electron chi connectivity index (χ3n) is 4.34. The van der Waals surface area contributed by atoms with Crippen molar-refractivity contribution in [2.75, 3.05) is 19.5 Å². The molecular weight excluding hydrogens is 386 g/mol. The second-order valence-corrected chi connectivity index (χ2v) is 6.41. The van der Waals surface area contributed by atoms with Crippen molar-refractivity contribution in [2.45, 2.75) is 13.0 Å². The van der Waals surface area contributed by atoms with E-state index in [9.17, 15) is 9.59 Å². The van der Waals surface area contributed by atoms with Gasteiger partial charge in [0.15, 0.2) is 17.6 Å². The summed E-state index contributed by atoms with van der Waals surface area (Å²) < 4.78 is 16.0. The molecule has 0 aromatic heterocycles. The molecular formula is C22H23N3O5. The molecule has 8 heteroatoms. The Hall–Kier alpha value is -3.94. The number of benzene rings is 3. The fourth-order valence-electron chi connectivity index (χ4n) is 2.79. The van der Waals surface area contributed by atoms with E-state index < -0.39 is 18.0 Å². The van der Waals surface area contributed by atoms with Crippen molar-refractivity contribution in [2.24, 2.45) is 0 Å². The zero-order valence-electron chi connectivity index (χ0n) is 16.9. The number of methoxy groups -OCH3 is 2. The van der Waals surface area contributed by atoms with Gasteiger partial charge in [0.05, 0.1) is 14.2 Å². The minimum absolute atomic E-state index is 0.469. The number of anilines is 1. The van der Waals surface area contributed by atoms with Gasteiger partial charge in [-0.15, -0.1) is 0 Å². The zero-order chi connectivity index (χ0) is 21.5. The summed E-state index contributed by atoms with van der Waals surface area (Å²) in [7, 11) is 3.02. The molecule has 156 valence electrons. The maximum absolute atomic E-state index is 12.2. The first-order chi connectivity index (χ1) is 14.5. The highest BCUT2D eigenvalue weighted by molar-refractivity contribution is 5.92. The molecule has 0 fully saturated rings. The van der Waals surface area contributed by atoms with Crippen molar-refractivity contribution < 1.29 is 23.8 Å². The summed E-state index contributed by atoms with van der Waals surface area (Å²) in [6.45, 7) is 1.60. The highest BCUT2D eigenvalue weighted by Gasteiger charge is 2.16. The van der Waals surface area contributed by atoms with Crippen LogP contribution in [0.5, 0.6) is 17.2 Å². The van der Waals surface area contributed by atoms with E-state index in [-0.39, 0.29) is 0 Å². The first kappa shape index (κ1) is 20.8. The van der Waals surface area contributed by atoms with E-state index in [4.69, 9.17) is 14.2 Å². The lowest BCUT2D eigenvalue weighted by molar-refractivity contribution is -0.127. The van der Waals surface area contributed by atoms with Gasteiger partial charge in [0.25, 0.3) is 5.91 Å². The minimum Gasteiger partial charge on any atom is -0.493 e. The number of amides is 3. The second kappa shape index (κ2) is 9.51. The smallest absolute Gasteiger partial charge is 0.337 e. The summed E-state index contributed by atoms with van der Waals surface area (Å²) in [6.07, 6.45) is -0.812. The monoisotopic (exact) mass is 409 g/mol. The van der Waals surface area contributed by atoms with E-state index in [0.29, 0.717) is 22.9 Å². The van der Waals surface area contributed by atoms with Crippen LogP contribution in [0.25, 0.3) is 10.8 Å². The molecule has 8 nitrogen and oxygen atoms in total. The van der Waals surface area contributed by atoms with Gasteiger partial charge in [0.2, 0.25) is 0 Å². The van der Waals surface area contributed by atoms with Crippen molar-refractivity contribution >= 4 is 28.4 Å². The quantitative estimate of drug-likeness (QED) is 0.542. The largest absolute Gasteiger partial charge is 0.493 e. The van der Waals surface area contributed by atoms with Crippen molar-refractivity contribution in [3.8, 4) is 17.2 Å². The van der Waals surface area contributed by atoms with Crippen LogP contribution in [0.2, 0.25) is 0 Å². The van der Waals surface area contributed by atoms with Crippen LogP contribution >= 0.6 is 0 Å². The first-order valence-electron chi connectivity index (χ1n) is 9.24. The third kappa shape index (κ3) is 5.11. The van der Waals surface area contributed by atoms with Gasteiger partial charge in [-0.3, -0.25) is 10.2 Å². The van der Waals surface area contributed by atoms with Gasteiger partial charge in [-0.05, 0) is 42.0 Å². The summed E-state index contributed by atoms with van der Waals surface area (Å²) >= 11 is 0. The minimum atomic E-state index is -0.812. The van der Waals surface area contributed by atoms with Crippen molar-refractivity contribution in [3.05, 3.63) is 60.7 Å². The Morgan fingerprint density at radius 1 is 0.833 bits per heavy atom. The molecule has 0 radical (unpaired) electrons. The van der Waals surface area contributed by atoms with Gasteiger partial charge in [0.1, 0.15) is 5.75 Å². The van der Waals surface area contributed by atoms with Crippen LogP contribution < -0.4 is 30.4 Å². The topological polar surface area (TPSA) is 97.9 Å². The molecule has 3 aromatic rings. The zero-order valence-corrected chi connectivity index (χ0v) is 16.9. The van der Waals surface area contributed by atoms with Gasteiger partial charge in [-0.25, -0.2) is 10.2 Å². The lowest BCUT2D eigenvalue weighted by Gasteiger charge is -2.16. The Kier molecular flexibility index (Phi) is 6.59. The standard InChI is InChI=1S/C22H23N3O5/c1-14(30-18-10-8-15-6-4-5-7-16(15)12-18)21(26)24-25-22(27)23-17-9-11-19(28-2)20(13-17)29-3/h4-14H,1-3H3,(H,24,26)(H2,23,25,27)/t14-/m0/s1. The Labute approximate surface area is 174 Å². The number of hydrazine groups is 1. The number of hydrogen-bond acceptors (Lipinski definition) is 5. The number of rotatable bonds is 6. The molecule has 0 heterocycles. The lowest BCUT2D eigenvalue weighted by atomic mass is 10.1. The summed E-state index contributed by atoms with van der Waals surface area (Å²) in [4.78, 5) is 24.3. The molecule has 3 rings (SSSR count). The van der Waals surface area contributed by atoms with E-state index in [1.807, 2.05) is 36.4 Å². The van der Waals surface area contributed by atoms with Gasteiger partial charge in [-0.1, -0.05) is 30.3 Å². The van der Waals surface area contributed by atoms with Crippen molar-refractivity contribution in [1.82, 2.24) is 10.9 Å². The SMILES string of the molecule is COc1ccc(NC(=O)NNC(=O)[C@H](C)Oc2ccc3ccccc3c2)cc1OC. The number of fused-ring (bicyclic) bond motifs is 1. The summed E-state index contributed by atoms with van der Waals surface area (Å²) in [6, 6.07) is 17.7. The van der Waals surface area contributed by atoms with Crippen LogP contribution in [0.1, 0.15) is 6.92 Å². The van der Waals surface area contributed by atoms with Gasteiger partial charge in [-0.2, -0.15) is 0 Å². The Bertz CT molecular complexity index is 1050. The molecule has 0 aliphatic carbocycles. The first-order valence-corrected chi connectivity index (χ1v) is 9.24. The number of carbonyl (C=O) groups excluding carboxylic acids is 2. The number of nitrogens with one attached hydrogen (secondary N) is 3. The third-order valence-corrected chi connectivity index (χ3v) is 4.34. The van der Waals surface area contributed by atoms with Crippen LogP contribution in [-0.4, -0.2) is 32.3 Å². The summed E-state index contributed by atoms with van der Waals surface area (Å²) in [5.41, 5.74) is 5.09. The summed E-state index contributed by atoms with van der Waals surface area (Å²) in [5, 5.41) is 4.68. The van der Waals surface area contributed by atoms with Crippen LogP contribution in [0.15, 0.2) is 60.7 Å². The highest BCUT2D eigenvalue weighted by atomic mass is 16.5. The number of urea groups is 1. The van der Waals surface area contributed by atoms with E-state index in [2.05, 4.69) is 16.2 Å². The van der Waals surface area contributed by atoms with E-state index in [1.165, 1.54) is 14.2 Å². The fourth-order valence-corrected chi connectivity index (χ4v) is 2.79. The molecule has 3 N–H and O–H groups in total. The Morgan fingerprint density at radius 3 is 2.30 bits per heavy atom. The normalized spacial score (nSPS) is 11.3. The molecule has 0 unspecified atom stereocenters. The maximum atomic E-state index is 12.2. The van der Waals surface area contributed by atoms with Gasteiger partial charge < -0.3 is 19.5 Å². The highest BCUT2D eigenvalue weighted by Crippen LogP contribution is 2.29. The molecule has 3 aromatic carbocycles. The van der Waals surface area contributed by atoms with Crippen molar-refractivity contribution in [3.63, 3.8) is 0 Å². The molecule has 0 saturated heterocycles.